The average molecular weight is 255 g/mol. The van der Waals surface area contributed by atoms with Crippen molar-refractivity contribution < 1.29 is 9.90 Å². The molecule has 1 saturated heterocycles. The van der Waals surface area contributed by atoms with Crippen LogP contribution in [0.1, 0.15) is 34.9 Å². The Balaban J connectivity index is 2.04. The van der Waals surface area contributed by atoms with E-state index in [1.165, 1.54) is 11.3 Å². The number of aliphatic hydroxyl groups is 1. The molecule has 94 valence electrons. The summed E-state index contributed by atoms with van der Waals surface area (Å²) in [7, 11) is 0. The van der Waals surface area contributed by atoms with Crippen LogP contribution in [-0.4, -0.2) is 40.6 Å². The molecule has 3 N–H and O–H groups in total. The number of carbonyl (C=O) groups excluding carboxylic acids is 1. The second kappa shape index (κ2) is 5.12. The van der Waals surface area contributed by atoms with Gasteiger partial charge in [-0.25, -0.2) is 4.98 Å². The first-order valence-corrected chi connectivity index (χ1v) is 6.61. The van der Waals surface area contributed by atoms with Crippen molar-refractivity contribution in [3.8, 4) is 0 Å². The number of carbonyl (C=O) groups is 1. The van der Waals surface area contributed by atoms with Crippen molar-refractivity contribution in [2.75, 3.05) is 19.7 Å². The van der Waals surface area contributed by atoms with Crippen molar-refractivity contribution in [2.45, 2.75) is 19.4 Å². The van der Waals surface area contributed by atoms with E-state index >= 15 is 0 Å². The van der Waals surface area contributed by atoms with Crippen molar-refractivity contribution in [3.05, 3.63) is 16.1 Å². The SMILES string of the molecule is CC(N)c1nc(C(=O)N2CCC(CO)C2)cs1. The van der Waals surface area contributed by atoms with Crippen LogP contribution < -0.4 is 5.73 Å². The Labute approximate surface area is 104 Å². The number of amides is 1. The van der Waals surface area contributed by atoms with Gasteiger partial charge < -0.3 is 15.7 Å². The normalized spacial score (nSPS) is 21.8. The zero-order chi connectivity index (χ0) is 12.4. The van der Waals surface area contributed by atoms with Crippen LogP contribution >= 0.6 is 11.3 Å². The third kappa shape index (κ3) is 2.65. The van der Waals surface area contributed by atoms with Crippen LogP contribution in [0, 0.1) is 5.92 Å². The second-order valence-corrected chi connectivity index (χ2v) is 5.34. The molecule has 1 aromatic heterocycles. The molecule has 0 aliphatic carbocycles. The lowest BCUT2D eigenvalue weighted by molar-refractivity contribution is 0.0776. The number of aliphatic hydroxyl groups excluding tert-OH is 1. The summed E-state index contributed by atoms with van der Waals surface area (Å²) in [6, 6.07) is -0.134. The van der Waals surface area contributed by atoms with Crippen LogP contribution in [-0.2, 0) is 0 Å². The quantitative estimate of drug-likeness (QED) is 0.829. The molecule has 1 amide bonds. The molecule has 1 aliphatic rings. The van der Waals surface area contributed by atoms with Gasteiger partial charge in [0.05, 0.1) is 6.04 Å². The van der Waals surface area contributed by atoms with Gasteiger partial charge in [-0.05, 0) is 13.3 Å². The highest BCUT2D eigenvalue weighted by Gasteiger charge is 2.27. The Morgan fingerprint density at radius 3 is 3.12 bits per heavy atom. The molecule has 2 atom stereocenters. The fraction of sp³-hybridized carbons (Fsp3) is 0.636. The van der Waals surface area contributed by atoms with Crippen molar-refractivity contribution >= 4 is 17.2 Å². The number of hydrogen-bond donors (Lipinski definition) is 2. The van der Waals surface area contributed by atoms with E-state index in [4.69, 9.17) is 10.8 Å². The summed E-state index contributed by atoms with van der Waals surface area (Å²) in [4.78, 5) is 18.1. The summed E-state index contributed by atoms with van der Waals surface area (Å²) in [5.41, 5.74) is 6.19. The first-order chi connectivity index (χ1) is 8.11. The molecular weight excluding hydrogens is 238 g/mol. The molecule has 6 heteroatoms. The Bertz CT molecular complexity index is 405. The number of nitrogens with two attached hydrogens (primary N) is 1. The van der Waals surface area contributed by atoms with Gasteiger partial charge in [-0.3, -0.25) is 4.79 Å². The standard InChI is InChI=1S/C11H17N3O2S/c1-7(12)10-13-9(6-17-10)11(16)14-3-2-8(4-14)5-15/h6-8,15H,2-5,12H2,1H3. The summed E-state index contributed by atoms with van der Waals surface area (Å²) in [6.45, 7) is 3.33. The largest absolute Gasteiger partial charge is 0.396 e. The third-order valence-electron chi connectivity index (χ3n) is 2.96. The number of thiazole rings is 1. The second-order valence-electron chi connectivity index (χ2n) is 4.45. The van der Waals surface area contributed by atoms with Gasteiger partial charge in [-0.1, -0.05) is 0 Å². The molecule has 1 fully saturated rings. The lowest BCUT2D eigenvalue weighted by atomic mass is 10.1. The number of hydrogen-bond acceptors (Lipinski definition) is 5. The van der Waals surface area contributed by atoms with Crippen molar-refractivity contribution in [2.24, 2.45) is 11.7 Å². The highest BCUT2D eigenvalue weighted by atomic mass is 32.1. The minimum Gasteiger partial charge on any atom is -0.396 e. The number of aromatic nitrogens is 1. The number of nitrogens with zero attached hydrogens (tertiary/aromatic N) is 2. The summed E-state index contributed by atoms with van der Waals surface area (Å²) in [5.74, 6) is 0.162. The monoisotopic (exact) mass is 255 g/mol. The van der Waals surface area contributed by atoms with Gasteiger partial charge in [0, 0.05) is 31.0 Å². The third-order valence-corrected chi connectivity index (χ3v) is 4.01. The Morgan fingerprint density at radius 2 is 2.59 bits per heavy atom. The van der Waals surface area contributed by atoms with Crippen molar-refractivity contribution in [1.82, 2.24) is 9.88 Å². The highest BCUT2D eigenvalue weighted by molar-refractivity contribution is 7.09. The molecule has 2 rings (SSSR count). The molecule has 0 saturated carbocycles. The lowest BCUT2D eigenvalue weighted by Crippen LogP contribution is -2.29. The summed E-state index contributed by atoms with van der Waals surface area (Å²) in [6.07, 6.45) is 0.868. The van der Waals surface area contributed by atoms with Gasteiger partial charge >= 0.3 is 0 Å². The van der Waals surface area contributed by atoms with Gasteiger partial charge in [0.15, 0.2) is 0 Å². The van der Waals surface area contributed by atoms with Crippen LogP contribution in [0.15, 0.2) is 5.38 Å². The van der Waals surface area contributed by atoms with E-state index in [1.54, 1.807) is 10.3 Å². The highest BCUT2D eigenvalue weighted by Crippen LogP contribution is 2.21. The fourth-order valence-electron chi connectivity index (χ4n) is 1.92. The molecule has 2 unspecified atom stereocenters. The molecule has 2 heterocycles. The van der Waals surface area contributed by atoms with E-state index in [-0.39, 0.29) is 24.5 Å². The summed E-state index contributed by atoms with van der Waals surface area (Å²) < 4.78 is 0. The van der Waals surface area contributed by atoms with E-state index in [1.807, 2.05) is 6.92 Å². The molecule has 0 bridgehead atoms. The minimum absolute atomic E-state index is 0.0518. The minimum atomic E-state index is -0.134. The Kier molecular flexibility index (Phi) is 3.76. The van der Waals surface area contributed by atoms with Gasteiger partial charge in [-0.15, -0.1) is 11.3 Å². The lowest BCUT2D eigenvalue weighted by Gasteiger charge is -2.14. The van der Waals surface area contributed by atoms with E-state index in [0.29, 0.717) is 18.8 Å². The van der Waals surface area contributed by atoms with E-state index in [2.05, 4.69) is 4.98 Å². The van der Waals surface area contributed by atoms with E-state index in [0.717, 1.165) is 11.4 Å². The molecular formula is C11H17N3O2S. The maximum absolute atomic E-state index is 12.1. The molecule has 0 aromatic carbocycles. The molecule has 5 nitrogen and oxygen atoms in total. The van der Waals surface area contributed by atoms with E-state index in [9.17, 15) is 4.79 Å². The van der Waals surface area contributed by atoms with Gasteiger partial charge in [0.1, 0.15) is 10.7 Å². The smallest absolute Gasteiger partial charge is 0.273 e. The maximum Gasteiger partial charge on any atom is 0.273 e. The molecule has 1 aromatic rings. The van der Waals surface area contributed by atoms with Crippen LogP contribution in [0.4, 0.5) is 0 Å². The van der Waals surface area contributed by atoms with Gasteiger partial charge in [0.25, 0.3) is 5.91 Å². The fourth-order valence-corrected chi connectivity index (χ4v) is 2.67. The molecule has 0 radical (unpaired) electrons. The first kappa shape index (κ1) is 12.5. The predicted molar refractivity (Wildman–Crippen MR) is 65.8 cm³/mol. The van der Waals surface area contributed by atoms with Crippen LogP contribution in [0.3, 0.4) is 0 Å². The predicted octanol–water partition coefficient (Wildman–Crippen LogP) is 0.617. The van der Waals surface area contributed by atoms with Gasteiger partial charge in [-0.2, -0.15) is 0 Å². The topological polar surface area (TPSA) is 79.5 Å². The molecule has 1 aliphatic heterocycles. The summed E-state index contributed by atoms with van der Waals surface area (Å²) in [5, 5.41) is 11.6. The van der Waals surface area contributed by atoms with E-state index < -0.39 is 0 Å². The Morgan fingerprint density at radius 1 is 1.82 bits per heavy atom. The van der Waals surface area contributed by atoms with Crippen molar-refractivity contribution in [3.63, 3.8) is 0 Å². The number of likely N-dealkylation sites (tertiary alicyclic amines) is 1. The van der Waals surface area contributed by atoms with Crippen LogP contribution in [0.2, 0.25) is 0 Å². The zero-order valence-electron chi connectivity index (χ0n) is 9.80. The average Bonchev–Trinajstić information content (AvgIpc) is 2.97. The van der Waals surface area contributed by atoms with Crippen LogP contribution in [0.5, 0.6) is 0 Å². The summed E-state index contributed by atoms with van der Waals surface area (Å²) >= 11 is 1.42. The molecule has 0 spiro atoms. The maximum atomic E-state index is 12.1. The van der Waals surface area contributed by atoms with Gasteiger partial charge in [0.2, 0.25) is 0 Å². The molecule has 17 heavy (non-hydrogen) atoms. The van der Waals surface area contributed by atoms with Crippen molar-refractivity contribution in [1.29, 1.82) is 0 Å². The Hall–Kier alpha value is -0.980. The van der Waals surface area contributed by atoms with Crippen LogP contribution in [0.25, 0.3) is 0 Å². The number of rotatable bonds is 3. The first-order valence-electron chi connectivity index (χ1n) is 5.73. The zero-order valence-corrected chi connectivity index (χ0v) is 10.6.